The van der Waals surface area contributed by atoms with E-state index in [4.69, 9.17) is 63.0 Å². The SMILES string of the molecule is O=C(NC(=S)Nc1ccc2oc(-c3cccc(Cl)c3Cl)nc2c1)c1cccc(Cl)c1Cl. The van der Waals surface area contributed by atoms with Crippen molar-refractivity contribution in [2.45, 2.75) is 0 Å². The predicted molar refractivity (Wildman–Crippen MR) is 130 cm³/mol. The van der Waals surface area contributed by atoms with Gasteiger partial charge in [-0.25, -0.2) is 4.98 Å². The van der Waals surface area contributed by atoms with Gasteiger partial charge in [-0.1, -0.05) is 58.5 Å². The largest absolute Gasteiger partial charge is 0.436 e. The van der Waals surface area contributed by atoms with Gasteiger partial charge in [-0.2, -0.15) is 0 Å². The van der Waals surface area contributed by atoms with Crippen LogP contribution in [0.2, 0.25) is 20.1 Å². The lowest BCUT2D eigenvalue weighted by Gasteiger charge is -2.10. The smallest absolute Gasteiger partial charge is 0.258 e. The zero-order chi connectivity index (χ0) is 22.1. The van der Waals surface area contributed by atoms with Crippen LogP contribution < -0.4 is 10.6 Å². The number of fused-ring (bicyclic) bond motifs is 1. The molecule has 0 saturated heterocycles. The molecular weight excluding hydrogens is 500 g/mol. The van der Waals surface area contributed by atoms with E-state index in [0.29, 0.717) is 38.3 Å². The maximum atomic E-state index is 12.4. The number of rotatable bonds is 3. The van der Waals surface area contributed by atoms with Crippen molar-refractivity contribution in [2.24, 2.45) is 0 Å². The number of benzene rings is 3. The second-order valence-electron chi connectivity index (χ2n) is 6.31. The number of anilines is 1. The topological polar surface area (TPSA) is 67.2 Å². The lowest BCUT2D eigenvalue weighted by Crippen LogP contribution is -2.34. The Morgan fingerprint density at radius 1 is 0.935 bits per heavy atom. The molecule has 1 heterocycles. The number of halogens is 4. The molecule has 156 valence electrons. The fraction of sp³-hybridized carbons (Fsp3) is 0. The monoisotopic (exact) mass is 509 g/mol. The molecule has 0 fully saturated rings. The first-order chi connectivity index (χ1) is 14.8. The first kappa shape index (κ1) is 21.9. The number of carbonyl (C=O) groups excluding carboxylic acids is 1. The molecule has 0 atom stereocenters. The van der Waals surface area contributed by atoms with E-state index in [1.807, 2.05) is 0 Å². The number of hydrogen-bond acceptors (Lipinski definition) is 4. The van der Waals surface area contributed by atoms with Gasteiger partial charge in [-0.05, 0) is 54.7 Å². The Balaban J connectivity index is 1.52. The van der Waals surface area contributed by atoms with Crippen molar-refractivity contribution in [1.29, 1.82) is 0 Å². The summed E-state index contributed by atoms with van der Waals surface area (Å²) >= 11 is 29.6. The maximum Gasteiger partial charge on any atom is 0.258 e. The molecule has 1 aromatic heterocycles. The Morgan fingerprint density at radius 2 is 1.65 bits per heavy atom. The van der Waals surface area contributed by atoms with E-state index >= 15 is 0 Å². The molecule has 4 rings (SSSR count). The van der Waals surface area contributed by atoms with Gasteiger partial charge in [0.1, 0.15) is 5.52 Å². The molecule has 0 aliphatic carbocycles. The number of oxazole rings is 1. The third-order valence-corrected chi connectivity index (χ3v) is 6.09. The Morgan fingerprint density at radius 3 is 2.42 bits per heavy atom. The molecular formula is C21H11Cl4N3O2S. The average Bonchev–Trinajstić information content (AvgIpc) is 3.15. The van der Waals surface area contributed by atoms with Crippen molar-refractivity contribution in [2.75, 3.05) is 5.32 Å². The normalized spacial score (nSPS) is 10.8. The Bertz CT molecular complexity index is 1340. The molecule has 0 saturated carbocycles. The molecule has 0 aliphatic rings. The summed E-state index contributed by atoms with van der Waals surface area (Å²) in [6, 6.07) is 15.2. The molecule has 0 radical (unpaired) electrons. The minimum Gasteiger partial charge on any atom is -0.436 e. The van der Waals surface area contributed by atoms with Gasteiger partial charge in [0.2, 0.25) is 5.89 Å². The summed E-state index contributed by atoms with van der Waals surface area (Å²) in [7, 11) is 0. The Hall–Kier alpha value is -2.35. The van der Waals surface area contributed by atoms with Crippen LogP contribution in [0, 0.1) is 0 Å². The lowest BCUT2D eigenvalue weighted by atomic mass is 10.2. The molecule has 1 amide bonds. The molecule has 10 heteroatoms. The third-order valence-electron chi connectivity index (χ3n) is 4.25. The van der Waals surface area contributed by atoms with Gasteiger partial charge < -0.3 is 9.73 Å². The molecule has 5 nitrogen and oxygen atoms in total. The summed E-state index contributed by atoms with van der Waals surface area (Å²) < 4.78 is 5.78. The van der Waals surface area contributed by atoms with E-state index in [0.717, 1.165) is 0 Å². The predicted octanol–water partition coefficient (Wildman–Crippen LogP) is 7.24. The van der Waals surface area contributed by atoms with E-state index in [2.05, 4.69) is 15.6 Å². The first-order valence-corrected chi connectivity index (χ1v) is 10.7. The number of nitrogens with zero attached hydrogens (tertiary/aromatic N) is 1. The van der Waals surface area contributed by atoms with Gasteiger partial charge in [0.25, 0.3) is 5.91 Å². The van der Waals surface area contributed by atoms with Crippen molar-refractivity contribution < 1.29 is 9.21 Å². The van der Waals surface area contributed by atoms with Gasteiger partial charge in [0.05, 0.1) is 31.2 Å². The maximum absolute atomic E-state index is 12.4. The number of hydrogen-bond donors (Lipinski definition) is 2. The van der Waals surface area contributed by atoms with E-state index in [1.165, 1.54) is 0 Å². The van der Waals surface area contributed by atoms with Crippen molar-refractivity contribution in [3.63, 3.8) is 0 Å². The summed E-state index contributed by atoms with van der Waals surface area (Å²) in [6.07, 6.45) is 0. The quantitative estimate of drug-likeness (QED) is 0.284. The van der Waals surface area contributed by atoms with Crippen LogP contribution in [0.1, 0.15) is 10.4 Å². The number of amides is 1. The molecule has 2 N–H and O–H groups in total. The molecule has 3 aromatic carbocycles. The van der Waals surface area contributed by atoms with E-state index in [1.54, 1.807) is 54.6 Å². The first-order valence-electron chi connectivity index (χ1n) is 8.75. The Labute approximate surface area is 202 Å². The van der Waals surface area contributed by atoms with Crippen LogP contribution in [0.15, 0.2) is 59.0 Å². The third kappa shape index (κ3) is 4.63. The summed E-state index contributed by atoms with van der Waals surface area (Å²) in [5, 5.41) is 6.78. The molecule has 0 unspecified atom stereocenters. The van der Waals surface area contributed by atoms with Crippen molar-refractivity contribution in [1.82, 2.24) is 10.3 Å². The fourth-order valence-corrected chi connectivity index (χ4v) is 3.78. The highest BCUT2D eigenvalue weighted by molar-refractivity contribution is 7.80. The second kappa shape index (κ2) is 9.02. The minimum atomic E-state index is -0.481. The zero-order valence-electron chi connectivity index (χ0n) is 15.4. The van der Waals surface area contributed by atoms with Gasteiger partial charge in [0, 0.05) is 5.69 Å². The van der Waals surface area contributed by atoms with Gasteiger partial charge in [-0.15, -0.1) is 0 Å². The van der Waals surface area contributed by atoms with Crippen molar-refractivity contribution in [3.8, 4) is 11.5 Å². The van der Waals surface area contributed by atoms with Crippen LogP contribution in [0.25, 0.3) is 22.6 Å². The second-order valence-corrected chi connectivity index (χ2v) is 8.29. The molecule has 0 spiro atoms. The molecule has 4 aromatic rings. The van der Waals surface area contributed by atoms with E-state index in [-0.39, 0.29) is 20.7 Å². The van der Waals surface area contributed by atoms with Crippen LogP contribution in [-0.2, 0) is 0 Å². The Kier molecular flexibility index (Phi) is 6.36. The highest BCUT2D eigenvalue weighted by atomic mass is 35.5. The molecule has 31 heavy (non-hydrogen) atoms. The molecule has 0 aliphatic heterocycles. The summed E-state index contributed by atoms with van der Waals surface area (Å²) in [4.78, 5) is 16.9. The summed E-state index contributed by atoms with van der Waals surface area (Å²) in [5.74, 6) is -0.142. The fourth-order valence-electron chi connectivity index (χ4n) is 2.80. The number of nitrogens with one attached hydrogen (secondary N) is 2. The highest BCUT2D eigenvalue weighted by Crippen LogP contribution is 2.35. The summed E-state index contributed by atoms with van der Waals surface area (Å²) in [5.41, 5.74) is 2.53. The zero-order valence-corrected chi connectivity index (χ0v) is 19.2. The van der Waals surface area contributed by atoms with Gasteiger partial charge in [0.15, 0.2) is 10.7 Å². The van der Waals surface area contributed by atoms with Crippen LogP contribution in [-0.4, -0.2) is 16.0 Å². The minimum absolute atomic E-state index is 0.0852. The number of carbonyl (C=O) groups is 1. The number of thiocarbonyl (C=S) groups is 1. The summed E-state index contributed by atoms with van der Waals surface area (Å²) in [6.45, 7) is 0. The van der Waals surface area contributed by atoms with E-state index < -0.39 is 5.91 Å². The van der Waals surface area contributed by atoms with Gasteiger partial charge in [-0.3, -0.25) is 10.1 Å². The highest BCUT2D eigenvalue weighted by Gasteiger charge is 2.16. The van der Waals surface area contributed by atoms with Crippen LogP contribution in [0.4, 0.5) is 5.69 Å². The van der Waals surface area contributed by atoms with Gasteiger partial charge >= 0.3 is 0 Å². The van der Waals surface area contributed by atoms with Crippen molar-refractivity contribution >= 4 is 86.4 Å². The lowest BCUT2D eigenvalue weighted by molar-refractivity contribution is 0.0978. The number of aromatic nitrogens is 1. The standard InChI is InChI=1S/C21H11Cl4N3O2S/c22-13-5-1-3-11(17(13)24)19(29)28-21(31)26-10-7-8-16-15(9-10)27-20(30-16)12-4-2-6-14(23)18(12)25/h1-9H,(H2,26,28,29,31). The van der Waals surface area contributed by atoms with Crippen LogP contribution in [0.5, 0.6) is 0 Å². The molecule has 0 bridgehead atoms. The van der Waals surface area contributed by atoms with Crippen LogP contribution >= 0.6 is 58.6 Å². The van der Waals surface area contributed by atoms with Crippen LogP contribution in [0.3, 0.4) is 0 Å². The van der Waals surface area contributed by atoms with E-state index in [9.17, 15) is 4.79 Å². The average molecular weight is 511 g/mol. The van der Waals surface area contributed by atoms with Crippen molar-refractivity contribution in [3.05, 3.63) is 80.3 Å².